The number of hydrogen-bond donors (Lipinski definition) is 2. The average molecular weight is 232 g/mol. The molecular weight excluding hydrogens is 216 g/mol. The van der Waals surface area contributed by atoms with Gasteiger partial charge >= 0.3 is 0 Å². The number of nitrogens with two attached hydrogens (primary N) is 1. The van der Waals surface area contributed by atoms with Gasteiger partial charge in [0.05, 0.1) is 0 Å². The van der Waals surface area contributed by atoms with Crippen LogP contribution in [0.15, 0.2) is 24.3 Å². The Morgan fingerprint density at radius 2 is 2.06 bits per heavy atom. The van der Waals surface area contributed by atoms with Gasteiger partial charge in [-0.15, -0.1) is 0 Å². The smallest absolute Gasteiger partial charge is 0.168 e. The average Bonchev–Trinajstić information content (AvgIpc) is 2.26. The highest BCUT2D eigenvalue weighted by Gasteiger charge is 1.92. The molecule has 3 N–H and O–H groups in total. The lowest BCUT2D eigenvalue weighted by Gasteiger charge is -2.02. The molecule has 0 saturated carbocycles. The maximum Gasteiger partial charge on any atom is 0.168 e. The Balaban J connectivity index is 2.56. The van der Waals surface area contributed by atoms with E-state index in [0.29, 0.717) is 0 Å². The standard InChI is InChI=1S/C13H16N2S/c1-2-3-4-5-6-11-7-9-12(10-8-11)15-13(14)16/h7-10H,2-4H2,1H3,(H3,14,15,16). The van der Waals surface area contributed by atoms with E-state index in [-0.39, 0.29) is 5.11 Å². The first-order chi connectivity index (χ1) is 7.72. The van der Waals surface area contributed by atoms with Crippen LogP contribution in [0.4, 0.5) is 5.69 Å². The fraction of sp³-hybridized carbons (Fsp3) is 0.308. The second-order valence-corrected chi connectivity index (χ2v) is 3.91. The van der Waals surface area contributed by atoms with Crippen LogP contribution >= 0.6 is 12.2 Å². The Hall–Kier alpha value is -1.53. The third kappa shape index (κ3) is 4.81. The predicted molar refractivity (Wildman–Crippen MR) is 73.3 cm³/mol. The molecule has 3 heteroatoms. The van der Waals surface area contributed by atoms with Crippen LogP contribution in [0.5, 0.6) is 0 Å². The Bertz CT molecular complexity index is 398. The summed E-state index contributed by atoms with van der Waals surface area (Å²) in [5.74, 6) is 6.26. The zero-order valence-electron chi connectivity index (χ0n) is 9.42. The number of hydrogen-bond acceptors (Lipinski definition) is 1. The van der Waals surface area contributed by atoms with Gasteiger partial charge in [0.25, 0.3) is 0 Å². The molecule has 84 valence electrons. The molecule has 0 unspecified atom stereocenters. The molecule has 16 heavy (non-hydrogen) atoms. The highest BCUT2D eigenvalue weighted by atomic mass is 32.1. The SMILES string of the molecule is CCCCC#Cc1ccc(NC(N)=S)cc1. The van der Waals surface area contributed by atoms with Crippen molar-refractivity contribution in [1.82, 2.24) is 0 Å². The Morgan fingerprint density at radius 3 is 2.62 bits per heavy atom. The van der Waals surface area contributed by atoms with Gasteiger partial charge in [0.2, 0.25) is 0 Å². The summed E-state index contributed by atoms with van der Waals surface area (Å²) >= 11 is 4.75. The first kappa shape index (κ1) is 12.5. The topological polar surface area (TPSA) is 38.0 Å². The largest absolute Gasteiger partial charge is 0.376 e. The molecule has 0 aliphatic carbocycles. The van der Waals surface area contributed by atoms with Crippen LogP contribution in [0.2, 0.25) is 0 Å². The molecule has 2 nitrogen and oxygen atoms in total. The van der Waals surface area contributed by atoms with Crippen molar-refractivity contribution in [3.8, 4) is 11.8 Å². The second-order valence-electron chi connectivity index (χ2n) is 3.47. The first-order valence-electron chi connectivity index (χ1n) is 5.37. The van der Waals surface area contributed by atoms with Crippen LogP contribution in [0.25, 0.3) is 0 Å². The number of nitrogens with one attached hydrogen (secondary N) is 1. The summed E-state index contributed by atoms with van der Waals surface area (Å²) in [7, 11) is 0. The van der Waals surface area contributed by atoms with Crippen LogP contribution in [0, 0.1) is 11.8 Å². The fourth-order valence-electron chi connectivity index (χ4n) is 1.21. The lowest BCUT2D eigenvalue weighted by atomic mass is 10.2. The maximum atomic E-state index is 5.37. The van der Waals surface area contributed by atoms with Crippen molar-refractivity contribution in [1.29, 1.82) is 0 Å². The molecule has 0 aromatic heterocycles. The molecule has 1 aromatic carbocycles. The zero-order valence-corrected chi connectivity index (χ0v) is 10.2. The van der Waals surface area contributed by atoms with E-state index in [2.05, 4.69) is 24.1 Å². The summed E-state index contributed by atoms with van der Waals surface area (Å²) < 4.78 is 0. The zero-order chi connectivity index (χ0) is 11.8. The Morgan fingerprint density at radius 1 is 1.38 bits per heavy atom. The van der Waals surface area contributed by atoms with Gasteiger partial charge in [-0.2, -0.15) is 0 Å². The van der Waals surface area contributed by atoms with E-state index >= 15 is 0 Å². The summed E-state index contributed by atoms with van der Waals surface area (Å²) in [6.07, 6.45) is 3.31. The Labute approximate surface area is 102 Å². The maximum absolute atomic E-state index is 5.37. The summed E-state index contributed by atoms with van der Waals surface area (Å²) in [5, 5.41) is 3.15. The number of benzene rings is 1. The van der Waals surface area contributed by atoms with Crippen LogP contribution < -0.4 is 11.1 Å². The van der Waals surface area contributed by atoms with E-state index in [0.717, 1.165) is 24.1 Å². The summed E-state index contributed by atoms with van der Waals surface area (Å²) in [6, 6.07) is 7.76. The van der Waals surface area contributed by atoms with Crippen molar-refractivity contribution in [3.63, 3.8) is 0 Å². The highest BCUT2D eigenvalue weighted by Crippen LogP contribution is 2.08. The number of anilines is 1. The number of thiocarbonyl (C=S) groups is 1. The summed E-state index contributed by atoms with van der Waals surface area (Å²) in [5.41, 5.74) is 7.28. The van der Waals surface area contributed by atoms with E-state index in [1.54, 1.807) is 0 Å². The molecule has 0 bridgehead atoms. The molecule has 0 aliphatic rings. The van der Waals surface area contributed by atoms with E-state index in [9.17, 15) is 0 Å². The van der Waals surface area contributed by atoms with Gasteiger partial charge in [-0.05, 0) is 42.9 Å². The monoisotopic (exact) mass is 232 g/mol. The lowest BCUT2D eigenvalue weighted by molar-refractivity contribution is 0.828. The molecule has 0 fully saturated rings. The van der Waals surface area contributed by atoms with Gasteiger partial charge in [0, 0.05) is 17.7 Å². The summed E-state index contributed by atoms with van der Waals surface area (Å²) in [4.78, 5) is 0. The fourth-order valence-corrected chi connectivity index (χ4v) is 1.33. The van der Waals surface area contributed by atoms with Gasteiger partial charge in [-0.25, -0.2) is 0 Å². The second kappa shape index (κ2) is 6.86. The van der Waals surface area contributed by atoms with Crippen molar-refractivity contribution in [2.24, 2.45) is 5.73 Å². The van der Waals surface area contributed by atoms with E-state index in [1.807, 2.05) is 24.3 Å². The summed E-state index contributed by atoms with van der Waals surface area (Å²) in [6.45, 7) is 2.16. The van der Waals surface area contributed by atoms with Gasteiger partial charge in [-0.1, -0.05) is 25.2 Å². The minimum absolute atomic E-state index is 0.279. The lowest BCUT2D eigenvalue weighted by Crippen LogP contribution is -2.18. The van der Waals surface area contributed by atoms with Gasteiger partial charge < -0.3 is 11.1 Å². The third-order valence-corrected chi connectivity index (χ3v) is 2.14. The Kier molecular flexibility index (Phi) is 5.38. The predicted octanol–water partition coefficient (Wildman–Crippen LogP) is 2.88. The minimum atomic E-state index is 0.279. The molecule has 0 spiro atoms. The van der Waals surface area contributed by atoms with Crippen molar-refractivity contribution >= 4 is 23.0 Å². The van der Waals surface area contributed by atoms with Gasteiger partial charge in [-0.3, -0.25) is 0 Å². The normalized spacial score (nSPS) is 9.06. The number of rotatable bonds is 3. The van der Waals surface area contributed by atoms with Crippen LogP contribution in [0.1, 0.15) is 31.7 Å². The van der Waals surface area contributed by atoms with Crippen LogP contribution in [0.3, 0.4) is 0 Å². The van der Waals surface area contributed by atoms with E-state index in [4.69, 9.17) is 18.0 Å². The molecule has 0 atom stereocenters. The van der Waals surface area contributed by atoms with Crippen LogP contribution in [-0.4, -0.2) is 5.11 Å². The number of unbranched alkanes of at least 4 members (excludes halogenated alkanes) is 2. The minimum Gasteiger partial charge on any atom is -0.376 e. The van der Waals surface area contributed by atoms with E-state index < -0.39 is 0 Å². The van der Waals surface area contributed by atoms with E-state index in [1.165, 1.54) is 6.42 Å². The van der Waals surface area contributed by atoms with Gasteiger partial charge in [0.1, 0.15) is 0 Å². The molecule has 0 radical (unpaired) electrons. The van der Waals surface area contributed by atoms with Crippen molar-refractivity contribution in [2.75, 3.05) is 5.32 Å². The molecule has 1 aromatic rings. The van der Waals surface area contributed by atoms with Crippen LogP contribution in [-0.2, 0) is 0 Å². The highest BCUT2D eigenvalue weighted by molar-refractivity contribution is 7.80. The molecule has 0 saturated heterocycles. The molecule has 0 aliphatic heterocycles. The van der Waals surface area contributed by atoms with Gasteiger partial charge in [0.15, 0.2) is 5.11 Å². The molecule has 1 rings (SSSR count). The van der Waals surface area contributed by atoms with Crippen molar-refractivity contribution < 1.29 is 0 Å². The van der Waals surface area contributed by atoms with Crippen molar-refractivity contribution in [2.45, 2.75) is 26.2 Å². The quantitative estimate of drug-likeness (QED) is 0.478. The first-order valence-corrected chi connectivity index (χ1v) is 5.78. The molecule has 0 amide bonds. The third-order valence-electron chi connectivity index (χ3n) is 2.04. The molecular formula is C13H16N2S. The van der Waals surface area contributed by atoms with Crippen molar-refractivity contribution in [3.05, 3.63) is 29.8 Å². The molecule has 0 heterocycles.